The number of benzene rings is 2. The first kappa shape index (κ1) is 19.2. The second-order valence-electron chi connectivity index (χ2n) is 6.58. The second kappa shape index (κ2) is 7.62. The molecule has 0 bridgehead atoms. The Labute approximate surface area is 144 Å². The molecule has 2 rings (SSSR count). The summed E-state index contributed by atoms with van der Waals surface area (Å²) in [4.78, 5) is 14.1. The smallest absolute Gasteiger partial charge is 0.248 e. The highest BCUT2D eigenvalue weighted by molar-refractivity contribution is 5.97. The zero-order valence-corrected chi connectivity index (χ0v) is 14.9. The fraction of sp³-hybridized carbons (Fsp3) is 0.316. The average Bonchev–Trinajstić information content (AvgIpc) is 2.53. The van der Waals surface area contributed by atoms with Gasteiger partial charge in [0, 0.05) is 12.7 Å². The maximum atomic E-state index is 12.5. The zero-order chi connectivity index (χ0) is 16.3. The molecular weight excluding hydrogens is 308 g/mol. The van der Waals surface area contributed by atoms with Gasteiger partial charge in [0.1, 0.15) is 6.04 Å². The molecule has 2 aromatic rings. The minimum Gasteiger partial charge on any atom is -0.316 e. The third-order valence-electron chi connectivity index (χ3n) is 3.88. The number of amides is 1. The van der Waals surface area contributed by atoms with E-state index in [1.54, 1.807) is 11.9 Å². The highest BCUT2D eigenvalue weighted by Gasteiger charge is 2.21. The minimum atomic E-state index is -0.645. The summed E-state index contributed by atoms with van der Waals surface area (Å²) in [7, 11) is 1.76. The molecule has 0 heterocycles. The summed E-state index contributed by atoms with van der Waals surface area (Å²) in [6.45, 7) is 6.51. The van der Waals surface area contributed by atoms with Crippen molar-refractivity contribution in [2.45, 2.75) is 32.2 Å². The molecule has 1 amide bonds. The van der Waals surface area contributed by atoms with Crippen molar-refractivity contribution in [3.63, 3.8) is 0 Å². The quantitative estimate of drug-likeness (QED) is 0.921. The van der Waals surface area contributed by atoms with Gasteiger partial charge in [0.25, 0.3) is 0 Å². The summed E-state index contributed by atoms with van der Waals surface area (Å²) < 4.78 is 0. The lowest BCUT2D eigenvalue weighted by Gasteiger charge is -2.24. The zero-order valence-electron chi connectivity index (χ0n) is 14.1. The summed E-state index contributed by atoms with van der Waals surface area (Å²) in [5.74, 6) is -0.116. The van der Waals surface area contributed by atoms with Gasteiger partial charge in [0.2, 0.25) is 5.91 Å². The van der Waals surface area contributed by atoms with Gasteiger partial charge in [-0.05, 0) is 28.7 Å². The molecule has 0 aromatic heterocycles. The summed E-state index contributed by atoms with van der Waals surface area (Å²) in [6.07, 6.45) is 0. The van der Waals surface area contributed by atoms with Crippen LogP contribution in [0.1, 0.15) is 37.9 Å². The lowest BCUT2D eigenvalue weighted by atomic mass is 9.87. The number of anilines is 1. The molecule has 4 heteroatoms. The summed E-state index contributed by atoms with van der Waals surface area (Å²) in [5, 5.41) is 0. The molecule has 0 spiro atoms. The third kappa shape index (κ3) is 4.57. The normalized spacial score (nSPS) is 12.2. The highest BCUT2D eigenvalue weighted by atomic mass is 35.5. The molecule has 0 radical (unpaired) electrons. The molecular formula is C19H25ClN2O. The maximum absolute atomic E-state index is 12.5. The molecule has 0 saturated heterocycles. The Morgan fingerprint density at radius 3 is 2.00 bits per heavy atom. The maximum Gasteiger partial charge on any atom is 0.248 e. The number of nitrogens with zero attached hydrogens (tertiary/aromatic N) is 1. The van der Waals surface area contributed by atoms with Gasteiger partial charge in [-0.25, -0.2) is 0 Å². The number of nitrogens with two attached hydrogens (primary N) is 1. The van der Waals surface area contributed by atoms with Crippen LogP contribution < -0.4 is 10.6 Å². The summed E-state index contributed by atoms with van der Waals surface area (Å²) in [5.41, 5.74) is 9.10. The third-order valence-corrected chi connectivity index (χ3v) is 3.88. The molecule has 1 atom stereocenters. The van der Waals surface area contributed by atoms with E-state index in [9.17, 15) is 4.79 Å². The Morgan fingerprint density at radius 2 is 1.52 bits per heavy atom. The Bertz CT molecular complexity index is 633. The number of hydrogen-bond donors (Lipinski definition) is 1. The molecule has 0 fully saturated rings. The highest BCUT2D eigenvalue weighted by Crippen LogP contribution is 2.25. The minimum absolute atomic E-state index is 0. The first-order valence-electron chi connectivity index (χ1n) is 7.49. The number of carbonyl (C=O) groups excluding carboxylic acids is 1. The molecule has 2 aromatic carbocycles. The molecule has 0 aliphatic heterocycles. The van der Waals surface area contributed by atoms with Gasteiger partial charge in [-0.2, -0.15) is 0 Å². The topological polar surface area (TPSA) is 46.3 Å². The van der Waals surface area contributed by atoms with E-state index >= 15 is 0 Å². The standard InChI is InChI=1S/C19H24N2O.ClH/c1-19(2,3)15-10-12-16(13-11-15)21(4)18(22)17(20)14-8-6-5-7-9-14;/h5-13,17H,20H2,1-4H3;1H. The molecule has 0 saturated carbocycles. The van der Waals surface area contributed by atoms with Crippen molar-refractivity contribution in [2.75, 3.05) is 11.9 Å². The van der Waals surface area contributed by atoms with Crippen LogP contribution in [0.15, 0.2) is 54.6 Å². The van der Waals surface area contributed by atoms with Gasteiger partial charge in [-0.1, -0.05) is 63.2 Å². The largest absolute Gasteiger partial charge is 0.316 e. The molecule has 124 valence electrons. The van der Waals surface area contributed by atoms with Gasteiger partial charge in [-0.15, -0.1) is 12.4 Å². The van der Waals surface area contributed by atoms with E-state index in [1.807, 2.05) is 42.5 Å². The molecule has 2 N–H and O–H groups in total. The fourth-order valence-corrected chi connectivity index (χ4v) is 2.32. The predicted octanol–water partition coefficient (Wildman–Crippen LogP) is 4.07. The van der Waals surface area contributed by atoms with Crippen LogP contribution in [0.2, 0.25) is 0 Å². The first-order valence-corrected chi connectivity index (χ1v) is 7.49. The van der Waals surface area contributed by atoms with E-state index in [2.05, 4.69) is 32.9 Å². The number of halogens is 1. The van der Waals surface area contributed by atoms with E-state index in [0.29, 0.717) is 0 Å². The van der Waals surface area contributed by atoms with Gasteiger partial charge < -0.3 is 10.6 Å². The van der Waals surface area contributed by atoms with E-state index in [4.69, 9.17) is 5.73 Å². The summed E-state index contributed by atoms with van der Waals surface area (Å²) in [6, 6.07) is 16.9. The van der Waals surface area contributed by atoms with Gasteiger partial charge in [-0.3, -0.25) is 4.79 Å². The van der Waals surface area contributed by atoms with Crippen LogP contribution in [0.25, 0.3) is 0 Å². The lowest BCUT2D eigenvalue weighted by Crippen LogP contribution is -2.35. The van der Waals surface area contributed by atoms with Crippen molar-refractivity contribution in [1.29, 1.82) is 0 Å². The van der Waals surface area contributed by atoms with E-state index < -0.39 is 6.04 Å². The van der Waals surface area contributed by atoms with Crippen molar-refractivity contribution in [1.82, 2.24) is 0 Å². The molecule has 1 unspecified atom stereocenters. The van der Waals surface area contributed by atoms with Crippen LogP contribution in [-0.4, -0.2) is 13.0 Å². The lowest BCUT2D eigenvalue weighted by molar-refractivity contribution is -0.119. The first-order chi connectivity index (χ1) is 10.3. The Morgan fingerprint density at radius 1 is 1.00 bits per heavy atom. The Balaban J connectivity index is 0.00000264. The van der Waals surface area contributed by atoms with Crippen molar-refractivity contribution in [3.05, 3.63) is 65.7 Å². The molecule has 0 aliphatic rings. The molecule has 3 nitrogen and oxygen atoms in total. The van der Waals surface area contributed by atoms with Crippen LogP contribution >= 0.6 is 12.4 Å². The Kier molecular flexibility index (Phi) is 6.37. The SMILES string of the molecule is CN(C(=O)C(N)c1ccccc1)c1ccc(C(C)(C)C)cc1.Cl. The van der Waals surface area contributed by atoms with Gasteiger partial charge >= 0.3 is 0 Å². The van der Waals surface area contributed by atoms with Crippen molar-refractivity contribution in [3.8, 4) is 0 Å². The van der Waals surface area contributed by atoms with E-state index in [1.165, 1.54) is 5.56 Å². The van der Waals surface area contributed by atoms with Crippen molar-refractivity contribution < 1.29 is 4.79 Å². The van der Waals surface area contributed by atoms with Crippen LogP contribution in [-0.2, 0) is 10.2 Å². The van der Waals surface area contributed by atoms with Gasteiger partial charge in [0.15, 0.2) is 0 Å². The average molecular weight is 333 g/mol. The van der Waals surface area contributed by atoms with E-state index in [-0.39, 0.29) is 23.7 Å². The number of rotatable bonds is 3. The fourth-order valence-electron chi connectivity index (χ4n) is 2.32. The Hall–Kier alpha value is -1.84. The van der Waals surface area contributed by atoms with Crippen LogP contribution in [0.3, 0.4) is 0 Å². The molecule has 0 aliphatic carbocycles. The van der Waals surface area contributed by atoms with Crippen molar-refractivity contribution >= 4 is 24.0 Å². The van der Waals surface area contributed by atoms with Crippen LogP contribution in [0.5, 0.6) is 0 Å². The van der Waals surface area contributed by atoms with Crippen molar-refractivity contribution in [2.24, 2.45) is 5.73 Å². The summed E-state index contributed by atoms with van der Waals surface area (Å²) >= 11 is 0. The second-order valence-corrected chi connectivity index (χ2v) is 6.58. The predicted molar refractivity (Wildman–Crippen MR) is 99.2 cm³/mol. The number of hydrogen-bond acceptors (Lipinski definition) is 2. The monoisotopic (exact) mass is 332 g/mol. The van der Waals surface area contributed by atoms with E-state index in [0.717, 1.165) is 11.3 Å². The molecule has 23 heavy (non-hydrogen) atoms. The number of carbonyl (C=O) groups is 1. The van der Waals surface area contributed by atoms with Gasteiger partial charge in [0.05, 0.1) is 0 Å². The number of likely N-dealkylation sites (N-methyl/N-ethyl adjacent to an activating group) is 1. The van der Waals surface area contributed by atoms with Crippen LogP contribution in [0, 0.1) is 0 Å². The van der Waals surface area contributed by atoms with Crippen LogP contribution in [0.4, 0.5) is 5.69 Å².